The molecule has 0 saturated carbocycles. The Morgan fingerprint density at radius 3 is 2.88 bits per heavy atom. The Bertz CT molecular complexity index is 385. The van der Waals surface area contributed by atoms with Crippen molar-refractivity contribution in [2.24, 2.45) is 11.7 Å². The number of fused-ring (bicyclic) bond motifs is 1. The maximum absolute atomic E-state index is 11.1. The second-order valence-corrected chi connectivity index (χ2v) is 5.04. The van der Waals surface area contributed by atoms with Gasteiger partial charge in [-0.25, -0.2) is 4.98 Å². The molecule has 94 valence electrons. The molecule has 0 bridgehead atoms. The van der Waals surface area contributed by atoms with Gasteiger partial charge in [-0.3, -0.25) is 4.79 Å². The first-order chi connectivity index (χ1) is 8.06. The number of imidazole rings is 1. The minimum atomic E-state index is -0.440. The largest absolute Gasteiger partial charge is 0.364 e. The highest BCUT2D eigenvalue weighted by atomic mass is 16.1. The van der Waals surface area contributed by atoms with E-state index in [4.69, 9.17) is 5.73 Å². The van der Waals surface area contributed by atoms with Gasteiger partial charge in [-0.05, 0) is 5.92 Å². The molecule has 5 heteroatoms. The van der Waals surface area contributed by atoms with Crippen LogP contribution in [0.2, 0.25) is 0 Å². The number of hydrogen-bond donors (Lipinski definition) is 1. The number of primary amides is 1. The SMILES string of the molecule is CC(C)CN1CCc2nc(C(N)=O)cn2CC1. The highest BCUT2D eigenvalue weighted by molar-refractivity contribution is 5.90. The summed E-state index contributed by atoms with van der Waals surface area (Å²) in [5.41, 5.74) is 5.62. The van der Waals surface area contributed by atoms with Crippen LogP contribution in [-0.2, 0) is 13.0 Å². The van der Waals surface area contributed by atoms with Crippen LogP contribution in [0, 0.1) is 5.92 Å². The molecule has 5 nitrogen and oxygen atoms in total. The topological polar surface area (TPSA) is 64.2 Å². The first kappa shape index (κ1) is 12.1. The van der Waals surface area contributed by atoms with E-state index in [1.54, 1.807) is 6.20 Å². The van der Waals surface area contributed by atoms with Crippen molar-refractivity contribution in [1.29, 1.82) is 0 Å². The summed E-state index contributed by atoms with van der Waals surface area (Å²) in [6, 6.07) is 0. The molecule has 1 aromatic rings. The molecule has 1 aliphatic heterocycles. The minimum absolute atomic E-state index is 0.386. The fraction of sp³-hybridized carbons (Fsp3) is 0.667. The molecular formula is C12H20N4O. The second-order valence-electron chi connectivity index (χ2n) is 5.04. The first-order valence-electron chi connectivity index (χ1n) is 6.14. The summed E-state index contributed by atoms with van der Waals surface area (Å²) >= 11 is 0. The Hall–Kier alpha value is -1.36. The molecule has 2 N–H and O–H groups in total. The lowest BCUT2D eigenvalue weighted by molar-refractivity contribution is 0.0995. The predicted molar refractivity (Wildman–Crippen MR) is 65.7 cm³/mol. The van der Waals surface area contributed by atoms with Crippen LogP contribution >= 0.6 is 0 Å². The zero-order valence-corrected chi connectivity index (χ0v) is 10.5. The third-order valence-electron chi connectivity index (χ3n) is 3.04. The van der Waals surface area contributed by atoms with Crippen molar-refractivity contribution in [3.63, 3.8) is 0 Å². The van der Waals surface area contributed by atoms with Crippen LogP contribution in [0.4, 0.5) is 0 Å². The van der Waals surface area contributed by atoms with E-state index in [1.165, 1.54) is 0 Å². The molecule has 0 saturated heterocycles. The van der Waals surface area contributed by atoms with Gasteiger partial charge < -0.3 is 15.2 Å². The van der Waals surface area contributed by atoms with Crippen molar-refractivity contribution in [3.05, 3.63) is 17.7 Å². The molecule has 2 rings (SSSR count). The van der Waals surface area contributed by atoms with E-state index in [1.807, 2.05) is 0 Å². The van der Waals surface area contributed by atoms with E-state index in [-0.39, 0.29) is 0 Å². The number of hydrogen-bond acceptors (Lipinski definition) is 3. The number of carbonyl (C=O) groups excluding carboxylic acids is 1. The molecule has 1 aliphatic rings. The average Bonchev–Trinajstić information content (AvgIpc) is 2.57. The van der Waals surface area contributed by atoms with E-state index in [2.05, 4.69) is 28.3 Å². The highest BCUT2D eigenvalue weighted by Crippen LogP contribution is 2.11. The van der Waals surface area contributed by atoms with Crippen LogP contribution in [0.15, 0.2) is 6.20 Å². The molecule has 0 unspecified atom stereocenters. The molecule has 1 aromatic heterocycles. The van der Waals surface area contributed by atoms with Crippen LogP contribution in [0.3, 0.4) is 0 Å². The lowest BCUT2D eigenvalue weighted by Crippen LogP contribution is -2.30. The zero-order valence-electron chi connectivity index (χ0n) is 10.5. The second kappa shape index (κ2) is 4.87. The van der Waals surface area contributed by atoms with Crippen molar-refractivity contribution >= 4 is 5.91 Å². The van der Waals surface area contributed by atoms with E-state index in [9.17, 15) is 4.79 Å². The molecule has 0 spiro atoms. The maximum atomic E-state index is 11.1. The molecule has 0 atom stereocenters. The predicted octanol–water partition coefficient (Wildman–Crippen LogP) is 0.496. The highest BCUT2D eigenvalue weighted by Gasteiger charge is 2.17. The van der Waals surface area contributed by atoms with Gasteiger partial charge in [0.05, 0.1) is 0 Å². The van der Waals surface area contributed by atoms with E-state index in [0.29, 0.717) is 11.6 Å². The van der Waals surface area contributed by atoms with Gasteiger partial charge in [0.25, 0.3) is 5.91 Å². The smallest absolute Gasteiger partial charge is 0.268 e. The van der Waals surface area contributed by atoms with Crippen molar-refractivity contribution in [1.82, 2.24) is 14.5 Å². The number of nitrogens with zero attached hydrogens (tertiary/aromatic N) is 3. The molecule has 0 aliphatic carbocycles. The maximum Gasteiger partial charge on any atom is 0.268 e. The van der Waals surface area contributed by atoms with Crippen LogP contribution < -0.4 is 5.73 Å². The number of rotatable bonds is 3. The summed E-state index contributed by atoms with van der Waals surface area (Å²) in [5.74, 6) is 1.22. The van der Waals surface area contributed by atoms with Crippen LogP contribution in [0.5, 0.6) is 0 Å². The standard InChI is InChI=1S/C12H20N4O/c1-9(2)7-15-4-3-11-14-10(12(13)17)8-16(11)6-5-15/h8-9H,3-7H2,1-2H3,(H2,13,17). The molecule has 1 amide bonds. The molecule has 0 radical (unpaired) electrons. The molecule has 17 heavy (non-hydrogen) atoms. The Morgan fingerprint density at radius 2 is 2.24 bits per heavy atom. The number of nitrogens with two attached hydrogens (primary N) is 1. The number of amides is 1. The molecular weight excluding hydrogens is 216 g/mol. The average molecular weight is 236 g/mol. The van der Waals surface area contributed by atoms with Gasteiger partial charge in [0, 0.05) is 38.8 Å². The molecule has 2 heterocycles. The van der Waals surface area contributed by atoms with Gasteiger partial charge >= 0.3 is 0 Å². The monoisotopic (exact) mass is 236 g/mol. The fourth-order valence-electron chi connectivity index (χ4n) is 2.28. The summed E-state index contributed by atoms with van der Waals surface area (Å²) in [5, 5.41) is 0. The summed E-state index contributed by atoms with van der Waals surface area (Å²) in [6.45, 7) is 8.49. The zero-order chi connectivity index (χ0) is 12.4. The van der Waals surface area contributed by atoms with E-state index < -0.39 is 5.91 Å². The fourth-order valence-corrected chi connectivity index (χ4v) is 2.28. The lowest BCUT2D eigenvalue weighted by Gasteiger charge is -2.21. The number of aromatic nitrogens is 2. The summed E-state index contributed by atoms with van der Waals surface area (Å²) in [6.07, 6.45) is 2.66. The summed E-state index contributed by atoms with van der Waals surface area (Å²) in [7, 11) is 0. The van der Waals surface area contributed by atoms with E-state index >= 15 is 0 Å². The van der Waals surface area contributed by atoms with Crippen LogP contribution in [-0.4, -0.2) is 40.0 Å². The normalized spacial score (nSPS) is 16.9. The molecule has 0 aromatic carbocycles. The lowest BCUT2D eigenvalue weighted by atomic mass is 10.2. The third kappa shape index (κ3) is 2.85. The van der Waals surface area contributed by atoms with Gasteiger partial charge in [-0.15, -0.1) is 0 Å². The summed E-state index contributed by atoms with van der Waals surface area (Å²) < 4.78 is 2.06. The Labute approximate surface area is 102 Å². The Balaban J connectivity index is 2.05. The van der Waals surface area contributed by atoms with Gasteiger partial charge in [0.1, 0.15) is 11.5 Å². The van der Waals surface area contributed by atoms with Crippen molar-refractivity contribution in [2.45, 2.75) is 26.8 Å². The Morgan fingerprint density at radius 1 is 1.47 bits per heavy atom. The van der Waals surface area contributed by atoms with Crippen LogP contribution in [0.1, 0.15) is 30.2 Å². The van der Waals surface area contributed by atoms with E-state index in [0.717, 1.165) is 38.4 Å². The minimum Gasteiger partial charge on any atom is -0.364 e. The quantitative estimate of drug-likeness (QED) is 0.831. The van der Waals surface area contributed by atoms with Gasteiger partial charge in [-0.2, -0.15) is 0 Å². The number of carbonyl (C=O) groups is 1. The third-order valence-corrected chi connectivity index (χ3v) is 3.04. The molecule has 0 fully saturated rings. The van der Waals surface area contributed by atoms with Gasteiger partial charge in [0.2, 0.25) is 0 Å². The van der Waals surface area contributed by atoms with Crippen molar-refractivity contribution in [2.75, 3.05) is 19.6 Å². The van der Waals surface area contributed by atoms with Crippen LogP contribution in [0.25, 0.3) is 0 Å². The summed E-state index contributed by atoms with van der Waals surface area (Å²) in [4.78, 5) is 17.8. The van der Waals surface area contributed by atoms with Crippen molar-refractivity contribution < 1.29 is 4.79 Å². The van der Waals surface area contributed by atoms with Crippen molar-refractivity contribution in [3.8, 4) is 0 Å². The van der Waals surface area contributed by atoms with Gasteiger partial charge in [0.15, 0.2) is 0 Å². The first-order valence-corrected chi connectivity index (χ1v) is 6.14. The Kier molecular flexibility index (Phi) is 3.47. The van der Waals surface area contributed by atoms with Gasteiger partial charge in [-0.1, -0.05) is 13.8 Å².